The van der Waals surface area contributed by atoms with E-state index in [1.54, 1.807) is 0 Å². The van der Waals surface area contributed by atoms with Gasteiger partial charge >= 0.3 is 6.85 Å². The Kier molecular flexibility index (Phi) is 5.70. The Morgan fingerprint density at radius 3 is 1.98 bits per heavy atom. The van der Waals surface area contributed by atoms with Crippen LogP contribution in [0.1, 0.15) is 22.3 Å². The number of anilines is 3. The highest BCUT2D eigenvalue weighted by atomic mass is 32.1. The number of hydrogen-bond donors (Lipinski definition) is 0. The van der Waals surface area contributed by atoms with Crippen LogP contribution in [0.3, 0.4) is 0 Å². The quantitative estimate of drug-likeness (QED) is 0.160. The fourth-order valence-electron chi connectivity index (χ4n) is 11.3. The molecule has 4 heteroatoms. The van der Waals surface area contributed by atoms with Crippen molar-refractivity contribution in [1.82, 2.24) is 4.48 Å². The molecule has 0 amide bonds. The second-order valence-electron chi connectivity index (χ2n) is 15.9. The molecule has 0 aliphatic carbocycles. The summed E-state index contributed by atoms with van der Waals surface area (Å²) in [6, 6.07) is 71.1. The first-order chi connectivity index (χ1) is 28.3. The van der Waals surface area contributed by atoms with Crippen molar-refractivity contribution in [2.45, 2.75) is 5.41 Å². The van der Waals surface area contributed by atoms with Crippen molar-refractivity contribution in [3.8, 4) is 11.1 Å². The Morgan fingerprint density at radius 1 is 0.491 bits per heavy atom. The van der Waals surface area contributed by atoms with Crippen molar-refractivity contribution < 1.29 is 0 Å². The maximum atomic E-state index is 2.72. The van der Waals surface area contributed by atoms with Gasteiger partial charge in [-0.1, -0.05) is 158 Å². The van der Waals surface area contributed by atoms with E-state index in [0.717, 1.165) is 0 Å². The third kappa shape index (κ3) is 3.60. The predicted octanol–water partition coefficient (Wildman–Crippen LogP) is 12.4. The first-order valence-electron chi connectivity index (χ1n) is 19.9. The van der Waals surface area contributed by atoms with Gasteiger partial charge in [-0.05, 0) is 79.8 Å². The number of aromatic nitrogens is 1. The summed E-state index contributed by atoms with van der Waals surface area (Å²) in [5, 5.41) is 7.89. The van der Waals surface area contributed by atoms with Crippen LogP contribution in [0.2, 0.25) is 0 Å². The van der Waals surface area contributed by atoms with E-state index in [9.17, 15) is 0 Å². The molecule has 2 nitrogen and oxygen atoms in total. The molecule has 0 radical (unpaired) electrons. The van der Waals surface area contributed by atoms with Gasteiger partial charge in [-0.3, -0.25) is 0 Å². The van der Waals surface area contributed by atoms with Gasteiger partial charge in [0.25, 0.3) is 0 Å². The molecule has 5 heterocycles. The summed E-state index contributed by atoms with van der Waals surface area (Å²) in [7, 11) is 0. The van der Waals surface area contributed by atoms with Crippen LogP contribution >= 0.6 is 11.3 Å². The smallest absolute Gasteiger partial charge is 0.333 e. The summed E-state index contributed by atoms with van der Waals surface area (Å²) in [6.07, 6.45) is 0. The van der Waals surface area contributed by atoms with Crippen LogP contribution in [0.25, 0.3) is 63.9 Å². The summed E-state index contributed by atoms with van der Waals surface area (Å²) in [6.45, 7) is -0.0465. The normalized spacial score (nSPS) is 14.4. The summed E-state index contributed by atoms with van der Waals surface area (Å²) in [5.41, 5.74) is 16.5. The number of thiophene rings is 1. The van der Waals surface area contributed by atoms with Crippen molar-refractivity contribution in [2.24, 2.45) is 0 Å². The number of nitrogens with zero attached hydrogens (tertiary/aromatic N) is 2. The van der Waals surface area contributed by atoms with Gasteiger partial charge in [0.05, 0.1) is 11.1 Å². The van der Waals surface area contributed by atoms with E-state index < -0.39 is 5.41 Å². The number of hydrogen-bond acceptors (Lipinski definition) is 2. The Bertz CT molecular complexity index is 3500. The molecule has 0 spiro atoms. The number of rotatable bonds is 2. The lowest BCUT2D eigenvalue weighted by Gasteiger charge is -2.50. The van der Waals surface area contributed by atoms with Crippen LogP contribution < -0.4 is 15.8 Å². The van der Waals surface area contributed by atoms with Gasteiger partial charge in [0.1, 0.15) is 0 Å². The van der Waals surface area contributed by atoms with Crippen molar-refractivity contribution in [1.29, 1.82) is 0 Å². The molecule has 11 aromatic rings. The molecule has 0 saturated heterocycles. The summed E-state index contributed by atoms with van der Waals surface area (Å²) < 4.78 is 5.38. The fraction of sp³-hybridized carbons (Fsp3) is 0.0189. The van der Waals surface area contributed by atoms with Crippen molar-refractivity contribution in [3.05, 3.63) is 210 Å². The minimum atomic E-state index is -0.542. The summed E-state index contributed by atoms with van der Waals surface area (Å²) in [4.78, 5) is 2.65. The van der Waals surface area contributed by atoms with Crippen LogP contribution in [0.5, 0.6) is 0 Å². The van der Waals surface area contributed by atoms with Gasteiger partial charge in [0, 0.05) is 58.9 Å². The minimum absolute atomic E-state index is 0.0465. The highest BCUT2D eigenvalue weighted by Crippen LogP contribution is 2.59. The first kappa shape index (κ1) is 30.4. The molecule has 262 valence electrons. The zero-order valence-corrected chi connectivity index (χ0v) is 31.6. The van der Waals surface area contributed by atoms with Gasteiger partial charge in [0.15, 0.2) is 0 Å². The van der Waals surface area contributed by atoms with Crippen molar-refractivity contribution >= 4 is 98.9 Å². The van der Waals surface area contributed by atoms with Gasteiger partial charge in [-0.15, -0.1) is 11.3 Å². The van der Waals surface area contributed by atoms with Gasteiger partial charge in [-0.2, -0.15) is 0 Å². The Morgan fingerprint density at radius 2 is 1.16 bits per heavy atom. The largest absolute Gasteiger partial charge is 0.375 e. The van der Waals surface area contributed by atoms with Crippen LogP contribution in [0.4, 0.5) is 17.1 Å². The van der Waals surface area contributed by atoms with Crippen LogP contribution in [-0.4, -0.2) is 11.3 Å². The van der Waals surface area contributed by atoms with Crippen LogP contribution in [-0.2, 0) is 5.41 Å². The first-order valence-corrected chi connectivity index (χ1v) is 20.7. The molecule has 0 bridgehead atoms. The molecule has 3 aliphatic rings. The van der Waals surface area contributed by atoms with Crippen LogP contribution in [0, 0.1) is 0 Å². The molecule has 9 aromatic carbocycles. The highest BCUT2D eigenvalue weighted by molar-refractivity contribution is 7.26. The molecule has 0 atom stereocenters. The monoisotopic (exact) mass is 738 g/mol. The zero-order chi connectivity index (χ0) is 37.0. The lowest BCUT2D eigenvalue weighted by molar-refractivity contribution is 0.732. The standard InChI is InChI=1S/C53H31BN2S/c1-3-17-34(18-4-1)53(35-19-5-2-6-20-35)40-24-10-11-27-43(40)55-45-31-47-48(37-21-9-12-28-46(37)57-47)49-38-23-13-22-36-39-29-32-15-7-8-16-33(32)30-44(39)56(51(36)38)54(50(45)49)42-26-14-25-41(53)52(42)55/h1-31H. The van der Waals surface area contributed by atoms with E-state index >= 15 is 0 Å². The van der Waals surface area contributed by atoms with Crippen LogP contribution in [0.15, 0.2) is 188 Å². The summed E-state index contributed by atoms with van der Waals surface area (Å²) in [5.74, 6) is 0. The Balaban J connectivity index is 1.22. The second-order valence-corrected chi connectivity index (χ2v) is 17.0. The molecule has 3 aliphatic heterocycles. The molecule has 0 unspecified atom stereocenters. The SMILES string of the molecule is c1ccc(C2(c3ccccc3)c3ccccc3N3c4cc5sc6ccccc6c5c5c4B(c4cccc2c43)n2c3cc4ccccc4cc3c3cccc-5c32)cc1. The maximum Gasteiger partial charge on any atom is 0.333 e. The molecular weight excluding hydrogens is 707 g/mol. The lowest BCUT2D eigenvalue weighted by atomic mass is 9.43. The molecule has 57 heavy (non-hydrogen) atoms. The van der Waals surface area contributed by atoms with E-state index in [1.807, 2.05) is 11.3 Å². The van der Waals surface area contributed by atoms with E-state index in [-0.39, 0.29) is 6.85 Å². The second kappa shape index (κ2) is 10.7. The van der Waals surface area contributed by atoms with E-state index in [0.29, 0.717) is 0 Å². The summed E-state index contributed by atoms with van der Waals surface area (Å²) >= 11 is 1.92. The maximum absolute atomic E-state index is 2.72. The Hall–Kier alpha value is -6.88. The lowest BCUT2D eigenvalue weighted by Crippen LogP contribution is -2.58. The fourth-order valence-corrected chi connectivity index (χ4v) is 12.5. The molecule has 2 aromatic heterocycles. The Labute approximate surface area is 333 Å². The van der Waals surface area contributed by atoms with Gasteiger partial charge in [0.2, 0.25) is 0 Å². The molecule has 0 fully saturated rings. The molecule has 0 N–H and O–H groups in total. The molecular formula is C53H31BN2S. The number of para-hydroxylation sites is 3. The molecule has 14 rings (SSSR count). The zero-order valence-electron chi connectivity index (χ0n) is 30.8. The van der Waals surface area contributed by atoms with E-state index in [1.165, 1.54) is 114 Å². The predicted molar refractivity (Wildman–Crippen MR) is 242 cm³/mol. The molecule has 0 saturated carbocycles. The van der Waals surface area contributed by atoms with Gasteiger partial charge in [-0.25, -0.2) is 0 Å². The highest BCUT2D eigenvalue weighted by Gasteiger charge is 2.52. The third-order valence-corrected chi connectivity index (χ3v) is 14.5. The topological polar surface area (TPSA) is 8.17 Å². The van der Waals surface area contributed by atoms with Crippen molar-refractivity contribution in [2.75, 3.05) is 4.90 Å². The average molecular weight is 739 g/mol. The number of fused-ring (bicyclic) bond motifs is 14. The van der Waals surface area contributed by atoms with Gasteiger partial charge < -0.3 is 9.38 Å². The van der Waals surface area contributed by atoms with Crippen molar-refractivity contribution in [3.63, 3.8) is 0 Å². The average Bonchev–Trinajstić information content (AvgIpc) is 3.81. The minimum Gasteiger partial charge on any atom is -0.375 e. The van der Waals surface area contributed by atoms with E-state index in [2.05, 4.69) is 197 Å². The third-order valence-electron chi connectivity index (χ3n) is 13.4. The number of benzene rings is 9. The van der Waals surface area contributed by atoms with E-state index in [4.69, 9.17) is 0 Å².